The van der Waals surface area contributed by atoms with Crippen molar-refractivity contribution < 1.29 is 9.59 Å². The number of benzene rings is 2. The van der Waals surface area contributed by atoms with Gasteiger partial charge in [-0.2, -0.15) is 5.10 Å². The highest BCUT2D eigenvalue weighted by atomic mass is 16.2. The number of anilines is 1. The van der Waals surface area contributed by atoms with Gasteiger partial charge in [-0.3, -0.25) is 14.3 Å². The molecule has 0 radical (unpaired) electrons. The third kappa shape index (κ3) is 5.22. The molecule has 1 atom stereocenters. The molecule has 5 rings (SSSR count). The third-order valence-electron chi connectivity index (χ3n) is 6.64. The second-order valence-electron chi connectivity index (χ2n) is 9.25. The molecule has 188 valence electrons. The van der Waals surface area contributed by atoms with E-state index in [0.29, 0.717) is 37.2 Å². The zero-order chi connectivity index (χ0) is 25.9. The molecule has 1 aliphatic rings. The quantitative estimate of drug-likeness (QED) is 0.377. The Balaban J connectivity index is 1.22. The van der Waals surface area contributed by atoms with Crippen LogP contribution < -0.4 is 16.8 Å². The number of carbonyl (C=O) groups excluding carboxylic acids is 2. The number of nitrogens with zero attached hydrogens (tertiary/aromatic N) is 4. The molecule has 4 aromatic rings. The molecule has 0 bridgehead atoms. The number of carbonyl (C=O) groups is 2. The summed E-state index contributed by atoms with van der Waals surface area (Å²) in [5, 5.41) is 7.18. The summed E-state index contributed by atoms with van der Waals surface area (Å²) in [6, 6.07) is 17.2. The Bertz CT molecular complexity index is 1450. The van der Waals surface area contributed by atoms with Gasteiger partial charge in [0.25, 0.3) is 11.8 Å². The molecule has 5 N–H and O–H groups in total. The number of hydrogen-bond acceptors (Lipinski definition) is 6. The first-order chi connectivity index (χ1) is 17.9. The van der Waals surface area contributed by atoms with Crippen molar-refractivity contribution in [3.8, 4) is 22.3 Å². The Labute approximate surface area is 215 Å². The molecule has 1 aliphatic heterocycles. The Hall–Kier alpha value is -4.50. The zero-order valence-electron chi connectivity index (χ0n) is 20.6. The maximum atomic E-state index is 13.1. The van der Waals surface area contributed by atoms with Gasteiger partial charge in [-0.05, 0) is 47.4 Å². The van der Waals surface area contributed by atoms with Crippen molar-refractivity contribution in [2.24, 2.45) is 12.8 Å². The van der Waals surface area contributed by atoms with Gasteiger partial charge in [0.05, 0.1) is 11.8 Å². The van der Waals surface area contributed by atoms with Crippen molar-refractivity contribution in [2.75, 3.05) is 18.8 Å². The fourth-order valence-electron chi connectivity index (χ4n) is 4.58. The molecule has 1 fully saturated rings. The fourth-order valence-corrected chi connectivity index (χ4v) is 4.58. The lowest BCUT2D eigenvalue weighted by Gasteiger charge is -2.18. The van der Waals surface area contributed by atoms with E-state index in [1.165, 1.54) is 0 Å². The molecule has 0 saturated carbocycles. The van der Waals surface area contributed by atoms with Crippen LogP contribution in [0.15, 0.2) is 73.2 Å². The molecule has 0 unspecified atom stereocenters. The standard InChI is InChI=1S/C28H29N7O2/c1-34-16-23(15-32-34)22-12-25(26(30)31-14-22)27(36)33-24-9-10-35(17-24)28(37)20-7-5-19(6-8-20)21-4-2-3-18(11-21)13-29/h2-8,11-12,14-16,24H,9-10,13,17,29H2,1H3,(H2,30,31)(H,33,36)/t24-/m1/s1. The molecule has 2 aromatic heterocycles. The lowest BCUT2D eigenvalue weighted by molar-refractivity contribution is 0.0783. The fraction of sp³-hybridized carbons (Fsp3) is 0.214. The van der Waals surface area contributed by atoms with Crippen molar-refractivity contribution in [1.82, 2.24) is 25.0 Å². The van der Waals surface area contributed by atoms with E-state index in [1.54, 1.807) is 28.0 Å². The first kappa shape index (κ1) is 24.2. The van der Waals surface area contributed by atoms with Gasteiger partial charge in [-0.1, -0.05) is 30.3 Å². The maximum absolute atomic E-state index is 13.1. The average molecular weight is 496 g/mol. The smallest absolute Gasteiger partial charge is 0.255 e. The van der Waals surface area contributed by atoms with E-state index in [9.17, 15) is 9.59 Å². The highest BCUT2D eigenvalue weighted by molar-refractivity contribution is 6.00. The number of amides is 2. The normalized spacial score (nSPS) is 15.1. The molecule has 1 saturated heterocycles. The third-order valence-corrected chi connectivity index (χ3v) is 6.64. The van der Waals surface area contributed by atoms with E-state index in [4.69, 9.17) is 11.5 Å². The maximum Gasteiger partial charge on any atom is 0.255 e. The average Bonchev–Trinajstić information content (AvgIpc) is 3.57. The molecule has 2 aromatic carbocycles. The Kier molecular flexibility index (Phi) is 6.70. The molecule has 9 nitrogen and oxygen atoms in total. The largest absolute Gasteiger partial charge is 0.383 e. The van der Waals surface area contributed by atoms with Crippen LogP contribution in [0.1, 0.15) is 32.7 Å². The Morgan fingerprint density at radius 2 is 1.84 bits per heavy atom. The topological polar surface area (TPSA) is 132 Å². The van der Waals surface area contributed by atoms with Gasteiger partial charge in [-0.25, -0.2) is 4.98 Å². The van der Waals surface area contributed by atoms with Crippen molar-refractivity contribution in [3.05, 3.63) is 89.9 Å². The Morgan fingerprint density at radius 3 is 2.57 bits per heavy atom. The van der Waals surface area contributed by atoms with Crippen LogP contribution in [0.3, 0.4) is 0 Å². The monoisotopic (exact) mass is 495 g/mol. The lowest BCUT2D eigenvalue weighted by atomic mass is 10.0. The van der Waals surface area contributed by atoms with Crippen LogP contribution in [0.5, 0.6) is 0 Å². The summed E-state index contributed by atoms with van der Waals surface area (Å²) in [7, 11) is 1.82. The van der Waals surface area contributed by atoms with Gasteiger partial charge in [0.2, 0.25) is 0 Å². The zero-order valence-corrected chi connectivity index (χ0v) is 20.6. The van der Waals surface area contributed by atoms with Crippen LogP contribution in [0.25, 0.3) is 22.3 Å². The van der Waals surface area contributed by atoms with Gasteiger partial charge in [-0.15, -0.1) is 0 Å². The Morgan fingerprint density at radius 1 is 1.03 bits per heavy atom. The minimum absolute atomic E-state index is 0.0567. The minimum atomic E-state index is -0.306. The van der Waals surface area contributed by atoms with E-state index in [1.807, 2.05) is 55.7 Å². The van der Waals surface area contributed by atoms with Crippen LogP contribution in [0, 0.1) is 0 Å². The van der Waals surface area contributed by atoms with Crippen molar-refractivity contribution in [2.45, 2.75) is 19.0 Å². The summed E-state index contributed by atoms with van der Waals surface area (Å²) in [6.45, 7) is 1.48. The summed E-state index contributed by atoms with van der Waals surface area (Å²) in [6.07, 6.45) is 5.84. The van der Waals surface area contributed by atoms with E-state index in [0.717, 1.165) is 27.8 Å². The summed E-state index contributed by atoms with van der Waals surface area (Å²) < 4.78 is 1.68. The number of aryl methyl sites for hydroxylation is 1. The van der Waals surface area contributed by atoms with Crippen LogP contribution in [-0.2, 0) is 13.6 Å². The van der Waals surface area contributed by atoms with E-state index in [2.05, 4.69) is 21.5 Å². The lowest BCUT2D eigenvalue weighted by Crippen LogP contribution is -2.38. The number of likely N-dealkylation sites (tertiary alicyclic amines) is 1. The van der Waals surface area contributed by atoms with Crippen LogP contribution in [0.4, 0.5) is 5.82 Å². The molecule has 0 spiro atoms. The van der Waals surface area contributed by atoms with Gasteiger partial charge in [0.15, 0.2) is 0 Å². The predicted molar refractivity (Wildman–Crippen MR) is 142 cm³/mol. The molecule has 3 heterocycles. The number of nitrogens with two attached hydrogens (primary N) is 2. The molecular formula is C28H29N7O2. The minimum Gasteiger partial charge on any atom is -0.383 e. The summed E-state index contributed by atoms with van der Waals surface area (Å²) >= 11 is 0. The van der Waals surface area contributed by atoms with Crippen LogP contribution in [0.2, 0.25) is 0 Å². The number of pyridine rings is 1. The van der Waals surface area contributed by atoms with Gasteiger partial charge < -0.3 is 21.7 Å². The second-order valence-corrected chi connectivity index (χ2v) is 9.25. The summed E-state index contributed by atoms with van der Waals surface area (Å²) in [5.74, 6) is -0.203. The van der Waals surface area contributed by atoms with Crippen LogP contribution >= 0.6 is 0 Å². The van der Waals surface area contributed by atoms with E-state index >= 15 is 0 Å². The molecule has 2 amide bonds. The van der Waals surface area contributed by atoms with Crippen molar-refractivity contribution >= 4 is 17.6 Å². The molecule has 0 aliphatic carbocycles. The number of rotatable bonds is 6. The number of aromatic nitrogens is 3. The first-order valence-corrected chi connectivity index (χ1v) is 12.2. The van der Waals surface area contributed by atoms with Crippen molar-refractivity contribution in [3.63, 3.8) is 0 Å². The number of nitrogens with one attached hydrogen (secondary N) is 1. The predicted octanol–water partition coefficient (Wildman–Crippen LogP) is 2.83. The summed E-state index contributed by atoms with van der Waals surface area (Å²) in [4.78, 5) is 32.1. The van der Waals surface area contributed by atoms with Crippen molar-refractivity contribution in [1.29, 1.82) is 0 Å². The first-order valence-electron chi connectivity index (χ1n) is 12.2. The van der Waals surface area contributed by atoms with Gasteiger partial charge in [0, 0.05) is 61.8 Å². The van der Waals surface area contributed by atoms with Crippen LogP contribution in [-0.4, -0.2) is 50.6 Å². The molecular weight excluding hydrogens is 466 g/mol. The highest BCUT2D eigenvalue weighted by Crippen LogP contribution is 2.24. The highest BCUT2D eigenvalue weighted by Gasteiger charge is 2.29. The van der Waals surface area contributed by atoms with E-state index < -0.39 is 0 Å². The summed E-state index contributed by atoms with van der Waals surface area (Å²) in [5.41, 5.74) is 17.4. The number of hydrogen-bond donors (Lipinski definition) is 3. The van der Waals surface area contributed by atoms with E-state index in [-0.39, 0.29) is 23.7 Å². The molecule has 9 heteroatoms. The van der Waals surface area contributed by atoms with Gasteiger partial charge >= 0.3 is 0 Å². The second kappa shape index (κ2) is 10.2. The molecule has 37 heavy (non-hydrogen) atoms. The SMILES string of the molecule is Cn1cc(-c2cnc(N)c(C(=O)N[C@@H]3CCN(C(=O)c4ccc(-c5cccc(CN)c5)cc4)C3)c2)cn1. The number of nitrogen functional groups attached to an aromatic ring is 1. The van der Waals surface area contributed by atoms with Gasteiger partial charge in [0.1, 0.15) is 5.82 Å².